The summed E-state index contributed by atoms with van der Waals surface area (Å²) in [5.41, 5.74) is 0.705. The highest BCUT2D eigenvalue weighted by molar-refractivity contribution is 9.10. The second-order valence-electron chi connectivity index (χ2n) is 4.61. The highest BCUT2D eigenvalue weighted by Crippen LogP contribution is 2.32. The van der Waals surface area contributed by atoms with E-state index in [0.717, 1.165) is 15.2 Å². The third-order valence-electron chi connectivity index (χ3n) is 3.17. The van der Waals surface area contributed by atoms with E-state index in [-0.39, 0.29) is 11.9 Å². The molecule has 21 heavy (non-hydrogen) atoms. The van der Waals surface area contributed by atoms with Gasteiger partial charge in [-0.1, -0.05) is 6.07 Å². The summed E-state index contributed by atoms with van der Waals surface area (Å²) in [5.74, 6) is 0.610. The van der Waals surface area contributed by atoms with Crippen molar-refractivity contribution in [3.8, 4) is 0 Å². The van der Waals surface area contributed by atoms with Gasteiger partial charge < -0.3 is 9.88 Å². The number of halogens is 2. The van der Waals surface area contributed by atoms with E-state index in [2.05, 4.69) is 26.2 Å². The average Bonchev–Trinajstić information content (AvgIpc) is 3.11. The van der Waals surface area contributed by atoms with Gasteiger partial charge in [0.2, 0.25) is 0 Å². The Bertz CT molecular complexity index is 739. The lowest BCUT2D eigenvalue weighted by Crippen LogP contribution is -2.16. The number of anilines is 1. The van der Waals surface area contributed by atoms with Crippen molar-refractivity contribution in [3.05, 3.63) is 69.1 Å². The molecule has 0 fully saturated rings. The molecule has 1 atom stereocenters. The molecule has 1 N–H and O–H groups in total. The van der Waals surface area contributed by atoms with Crippen molar-refractivity contribution < 1.29 is 4.39 Å². The van der Waals surface area contributed by atoms with Gasteiger partial charge in [0.15, 0.2) is 0 Å². The number of benzene rings is 1. The predicted molar refractivity (Wildman–Crippen MR) is 87.1 cm³/mol. The molecule has 0 aliphatic carbocycles. The number of thiophene rings is 1. The molecule has 1 aromatic carbocycles. The fraction of sp³-hybridized carbons (Fsp3) is 0.133. The van der Waals surface area contributed by atoms with E-state index in [1.807, 2.05) is 35.3 Å². The van der Waals surface area contributed by atoms with E-state index in [1.165, 1.54) is 12.1 Å². The number of hydrogen-bond acceptors (Lipinski definition) is 3. The second-order valence-corrected chi connectivity index (χ2v) is 6.45. The van der Waals surface area contributed by atoms with Crippen LogP contribution in [0.2, 0.25) is 0 Å². The minimum Gasteiger partial charge on any atom is -0.370 e. The molecule has 2 heterocycles. The first-order valence-corrected chi connectivity index (χ1v) is 8.04. The second kappa shape index (κ2) is 5.99. The molecule has 0 saturated heterocycles. The molecule has 1 unspecified atom stereocenters. The lowest BCUT2D eigenvalue weighted by atomic mass is 10.2. The van der Waals surface area contributed by atoms with Crippen LogP contribution in [0.5, 0.6) is 0 Å². The normalized spacial score (nSPS) is 12.3. The van der Waals surface area contributed by atoms with Gasteiger partial charge in [0.05, 0.1) is 5.69 Å². The van der Waals surface area contributed by atoms with Gasteiger partial charge >= 0.3 is 0 Å². The molecular weight excluding hydrogens is 353 g/mol. The van der Waals surface area contributed by atoms with Crippen LogP contribution in [-0.2, 0) is 7.05 Å². The first kappa shape index (κ1) is 14.3. The van der Waals surface area contributed by atoms with E-state index in [9.17, 15) is 4.39 Å². The van der Waals surface area contributed by atoms with E-state index < -0.39 is 0 Å². The maximum atomic E-state index is 13.5. The van der Waals surface area contributed by atoms with Crippen molar-refractivity contribution in [1.29, 1.82) is 0 Å². The Morgan fingerprint density at radius 2 is 2.24 bits per heavy atom. The maximum Gasteiger partial charge on any atom is 0.136 e. The van der Waals surface area contributed by atoms with Gasteiger partial charge in [-0.3, -0.25) is 0 Å². The number of nitrogens with zero attached hydrogens (tertiary/aromatic N) is 2. The number of nitrogens with one attached hydrogen (secondary N) is 1. The van der Waals surface area contributed by atoms with Gasteiger partial charge in [-0.25, -0.2) is 9.37 Å². The van der Waals surface area contributed by atoms with Crippen molar-refractivity contribution in [2.45, 2.75) is 6.04 Å². The van der Waals surface area contributed by atoms with Crippen LogP contribution in [0.4, 0.5) is 10.1 Å². The monoisotopic (exact) mass is 365 g/mol. The number of hydrogen-bond donors (Lipinski definition) is 1. The lowest BCUT2D eigenvalue weighted by molar-refractivity contribution is 0.627. The average molecular weight is 366 g/mol. The summed E-state index contributed by atoms with van der Waals surface area (Å²) in [4.78, 5) is 5.54. The van der Waals surface area contributed by atoms with Crippen molar-refractivity contribution in [2.75, 3.05) is 5.32 Å². The van der Waals surface area contributed by atoms with E-state index in [0.29, 0.717) is 5.69 Å². The Morgan fingerprint density at radius 1 is 1.38 bits per heavy atom. The molecule has 3 nitrogen and oxygen atoms in total. The molecule has 108 valence electrons. The van der Waals surface area contributed by atoms with Crippen LogP contribution in [0.1, 0.15) is 16.7 Å². The van der Waals surface area contributed by atoms with Gasteiger partial charge in [-0.15, -0.1) is 11.3 Å². The highest BCUT2D eigenvalue weighted by atomic mass is 79.9. The smallest absolute Gasteiger partial charge is 0.136 e. The lowest BCUT2D eigenvalue weighted by Gasteiger charge is -2.19. The summed E-state index contributed by atoms with van der Waals surface area (Å²) in [6.07, 6.45) is 3.66. The highest BCUT2D eigenvalue weighted by Gasteiger charge is 2.20. The molecule has 0 aliphatic heterocycles. The molecular formula is C15H13BrFN3S. The summed E-state index contributed by atoms with van der Waals surface area (Å²) in [6.45, 7) is 0. The van der Waals surface area contributed by atoms with Gasteiger partial charge in [-0.05, 0) is 45.6 Å². The number of imidazole rings is 1. The Kier molecular flexibility index (Phi) is 4.07. The van der Waals surface area contributed by atoms with Crippen LogP contribution in [-0.4, -0.2) is 9.55 Å². The van der Waals surface area contributed by atoms with Crippen molar-refractivity contribution in [3.63, 3.8) is 0 Å². The zero-order valence-electron chi connectivity index (χ0n) is 11.3. The van der Waals surface area contributed by atoms with Gasteiger partial charge in [0.25, 0.3) is 0 Å². The summed E-state index contributed by atoms with van der Waals surface area (Å²) in [6, 6.07) is 8.52. The van der Waals surface area contributed by atoms with Crippen LogP contribution >= 0.6 is 27.3 Å². The standard InChI is InChI=1S/C15H13BrFN3S/c1-20-7-6-18-15(20)14(13-3-2-8-21-13)19-12-9-10(17)4-5-11(12)16/h2-9,14,19H,1H3. The maximum absolute atomic E-state index is 13.5. The molecule has 2 aromatic heterocycles. The third kappa shape index (κ3) is 3.01. The molecule has 6 heteroatoms. The number of aryl methyl sites for hydroxylation is 1. The predicted octanol–water partition coefficient (Wildman–Crippen LogP) is 4.58. The Morgan fingerprint density at radius 3 is 2.90 bits per heavy atom. The number of rotatable bonds is 4. The minimum absolute atomic E-state index is 0.122. The van der Waals surface area contributed by atoms with E-state index in [1.54, 1.807) is 23.6 Å². The zero-order valence-corrected chi connectivity index (χ0v) is 13.7. The van der Waals surface area contributed by atoms with Crippen molar-refractivity contribution >= 4 is 33.0 Å². The van der Waals surface area contributed by atoms with Crippen LogP contribution in [0, 0.1) is 5.82 Å². The fourth-order valence-electron chi connectivity index (χ4n) is 2.14. The molecule has 0 saturated carbocycles. The molecule has 3 rings (SSSR count). The third-order valence-corrected chi connectivity index (χ3v) is 4.80. The molecule has 0 amide bonds. The summed E-state index contributed by atoms with van der Waals surface area (Å²) < 4.78 is 16.3. The fourth-order valence-corrected chi connectivity index (χ4v) is 3.27. The molecule has 0 bridgehead atoms. The first-order valence-electron chi connectivity index (χ1n) is 6.37. The molecule has 3 aromatic rings. The van der Waals surface area contributed by atoms with Gasteiger partial charge in [-0.2, -0.15) is 0 Å². The summed E-state index contributed by atoms with van der Waals surface area (Å²) in [5, 5.41) is 5.40. The van der Waals surface area contributed by atoms with Crippen LogP contribution in [0.15, 0.2) is 52.6 Å². The Balaban J connectivity index is 2.01. The Hall–Kier alpha value is -1.66. The van der Waals surface area contributed by atoms with Crippen molar-refractivity contribution in [1.82, 2.24) is 9.55 Å². The van der Waals surface area contributed by atoms with E-state index >= 15 is 0 Å². The summed E-state index contributed by atoms with van der Waals surface area (Å²) in [7, 11) is 1.95. The van der Waals surface area contributed by atoms with Crippen molar-refractivity contribution in [2.24, 2.45) is 7.05 Å². The quantitative estimate of drug-likeness (QED) is 0.732. The van der Waals surface area contributed by atoms with Gasteiger partial charge in [0, 0.05) is 28.8 Å². The Labute approximate surface area is 134 Å². The van der Waals surface area contributed by atoms with Crippen LogP contribution in [0.25, 0.3) is 0 Å². The molecule has 0 radical (unpaired) electrons. The topological polar surface area (TPSA) is 29.9 Å². The molecule has 0 aliphatic rings. The van der Waals surface area contributed by atoms with E-state index in [4.69, 9.17) is 0 Å². The molecule has 0 spiro atoms. The summed E-state index contributed by atoms with van der Waals surface area (Å²) >= 11 is 5.09. The van der Waals surface area contributed by atoms with Crippen LogP contribution < -0.4 is 5.32 Å². The largest absolute Gasteiger partial charge is 0.370 e. The minimum atomic E-state index is -0.273. The zero-order chi connectivity index (χ0) is 14.8. The van der Waals surface area contributed by atoms with Crippen LogP contribution in [0.3, 0.4) is 0 Å². The van der Waals surface area contributed by atoms with Gasteiger partial charge in [0.1, 0.15) is 17.7 Å². The SMILES string of the molecule is Cn1ccnc1C(Nc1cc(F)ccc1Br)c1cccs1. The number of aromatic nitrogens is 2. The first-order chi connectivity index (χ1) is 10.1.